The number of hydrogen-bond donors (Lipinski definition) is 3. The van der Waals surface area contributed by atoms with E-state index >= 15 is 0 Å². The van der Waals surface area contributed by atoms with Crippen LogP contribution in [0.15, 0.2) is 48.6 Å². The van der Waals surface area contributed by atoms with Crippen LogP contribution in [0, 0.1) is 0 Å². The van der Waals surface area contributed by atoms with Gasteiger partial charge in [-0.2, -0.15) is 0 Å². The Morgan fingerprint density at radius 2 is 0.854 bits per heavy atom. The zero-order valence-electron chi connectivity index (χ0n) is 32.0. The van der Waals surface area contributed by atoms with E-state index in [9.17, 15) is 15.0 Å². The van der Waals surface area contributed by atoms with Crippen molar-refractivity contribution < 1.29 is 15.0 Å². The summed E-state index contributed by atoms with van der Waals surface area (Å²) in [5, 5.41) is 22.6. The molecule has 0 bridgehead atoms. The van der Waals surface area contributed by atoms with Crippen molar-refractivity contribution in [1.29, 1.82) is 0 Å². The van der Waals surface area contributed by atoms with Crippen molar-refractivity contribution in [2.45, 2.75) is 219 Å². The molecule has 280 valence electrons. The number of allylic oxidation sites excluding steroid dienone is 7. The second-order valence-corrected chi connectivity index (χ2v) is 14.1. The van der Waals surface area contributed by atoms with Gasteiger partial charge in [0.15, 0.2) is 0 Å². The summed E-state index contributed by atoms with van der Waals surface area (Å²) in [5.41, 5.74) is 0. The molecule has 2 atom stereocenters. The second-order valence-electron chi connectivity index (χ2n) is 14.1. The minimum atomic E-state index is -0.834. The fourth-order valence-electron chi connectivity index (χ4n) is 6.07. The van der Waals surface area contributed by atoms with Crippen LogP contribution in [-0.2, 0) is 4.79 Å². The molecule has 4 nitrogen and oxygen atoms in total. The van der Waals surface area contributed by atoms with Crippen LogP contribution in [0.5, 0.6) is 0 Å². The lowest BCUT2D eigenvalue weighted by Gasteiger charge is -2.20. The summed E-state index contributed by atoms with van der Waals surface area (Å²) in [6.07, 6.45) is 54.0. The van der Waals surface area contributed by atoms with Gasteiger partial charge in [-0.15, -0.1) is 0 Å². The maximum atomic E-state index is 12.2. The first kappa shape index (κ1) is 46.4. The first-order valence-corrected chi connectivity index (χ1v) is 20.9. The molecule has 0 fully saturated rings. The standard InChI is InChI=1S/C44H81NO3/c1-3-5-7-9-10-11-12-13-14-15-16-17-18-19-20-21-22-23-24-25-26-27-28-29-30-31-32-33-34-36-38-40-44(48)45-42(41-46)43(47)39-37-35-8-6-4-2/h12-13,15-16,18-19,37,39,42-43,46-47H,3-11,14,17,20-36,38,40-41H2,1-2H3,(H,45,48)/b13-12-,16-15-,19-18-,39-37+. The molecule has 0 saturated heterocycles. The number of carbonyl (C=O) groups is 1. The van der Waals surface area contributed by atoms with E-state index in [2.05, 4.69) is 55.6 Å². The molecule has 0 radical (unpaired) electrons. The van der Waals surface area contributed by atoms with Gasteiger partial charge in [0.25, 0.3) is 0 Å². The molecule has 0 aliphatic rings. The summed E-state index contributed by atoms with van der Waals surface area (Å²) in [6, 6.07) is -0.617. The topological polar surface area (TPSA) is 69.6 Å². The van der Waals surface area contributed by atoms with Gasteiger partial charge in [0, 0.05) is 6.42 Å². The third-order valence-corrected chi connectivity index (χ3v) is 9.31. The lowest BCUT2D eigenvalue weighted by atomic mass is 10.0. The van der Waals surface area contributed by atoms with Crippen LogP contribution in [0.3, 0.4) is 0 Å². The zero-order chi connectivity index (χ0) is 35.0. The number of hydrogen-bond acceptors (Lipinski definition) is 3. The number of aliphatic hydroxyl groups is 2. The molecule has 2 unspecified atom stereocenters. The Hall–Kier alpha value is -1.65. The summed E-state index contributed by atoms with van der Waals surface area (Å²) in [7, 11) is 0. The highest BCUT2D eigenvalue weighted by molar-refractivity contribution is 5.76. The molecule has 1 amide bonds. The third-order valence-electron chi connectivity index (χ3n) is 9.31. The van der Waals surface area contributed by atoms with Crippen LogP contribution in [0.2, 0.25) is 0 Å². The Bertz CT molecular complexity index is 771. The molecule has 0 aliphatic heterocycles. The molecule has 0 rings (SSSR count). The number of nitrogens with one attached hydrogen (secondary N) is 1. The molecule has 0 heterocycles. The average molecular weight is 672 g/mol. The first-order valence-electron chi connectivity index (χ1n) is 20.9. The maximum Gasteiger partial charge on any atom is 0.220 e. The van der Waals surface area contributed by atoms with Gasteiger partial charge in [0.2, 0.25) is 5.91 Å². The van der Waals surface area contributed by atoms with Gasteiger partial charge in [-0.3, -0.25) is 4.79 Å². The molecule has 4 heteroatoms. The number of amides is 1. The largest absolute Gasteiger partial charge is 0.394 e. The Labute approximate surface area is 299 Å². The molecular weight excluding hydrogens is 590 g/mol. The number of unbranched alkanes of at least 4 members (excludes halogenated alkanes) is 24. The van der Waals surface area contributed by atoms with Crippen LogP contribution < -0.4 is 5.32 Å². The van der Waals surface area contributed by atoms with Crippen LogP contribution in [0.25, 0.3) is 0 Å². The van der Waals surface area contributed by atoms with E-state index in [0.717, 1.165) is 38.5 Å². The van der Waals surface area contributed by atoms with Crippen molar-refractivity contribution in [2.24, 2.45) is 0 Å². The number of aliphatic hydroxyl groups excluding tert-OH is 2. The number of carbonyl (C=O) groups excluding carboxylic acids is 1. The molecule has 0 aromatic heterocycles. The van der Waals surface area contributed by atoms with Crippen molar-refractivity contribution in [2.75, 3.05) is 6.61 Å². The van der Waals surface area contributed by atoms with Gasteiger partial charge in [0.1, 0.15) is 0 Å². The van der Waals surface area contributed by atoms with E-state index in [4.69, 9.17) is 0 Å². The average Bonchev–Trinajstić information content (AvgIpc) is 3.09. The van der Waals surface area contributed by atoms with E-state index in [1.165, 1.54) is 148 Å². The second kappa shape index (κ2) is 39.8. The zero-order valence-corrected chi connectivity index (χ0v) is 32.0. The Kier molecular flexibility index (Phi) is 38.4. The lowest BCUT2D eigenvalue weighted by molar-refractivity contribution is -0.123. The highest BCUT2D eigenvalue weighted by Gasteiger charge is 2.17. The summed E-state index contributed by atoms with van der Waals surface area (Å²) < 4.78 is 0. The SMILES string of the molecule is CCCCC/C=C/C(O)C(CO)NC(=O)CCCCCCCCCCCCCCCCCC/C=C\C/C=C\C/C=C\CCCCCCC. The maximum absolute atomic E-state index is 12.2. The monoisotopic (exact) mass is 672 g/mol. The Balaban J connectivity index is 3.41. The van der Waals surface area contributed by atoms with Crippen LogP contribution >= 0.6 is 0 Å². The van der Waals surface area contributed by atoms with Crippen LogP contribution in [-0.4, -0.2) is 34.9 Å². The first-order chi connectivity index (χ1) is 23.7. The van der Waals surface area contributed by atoms with E-state index in [-0.39, 0.29) is 12.5 Å². The third kappa shape index (κ3) is 35.7. The highest BCUT2D eigenvalue weighted by Crippen LogP contribution is 2.15. The molecule has 0 aliphatic carbocycles. The van der Waals surface area contributed by atoms with Gasteiger partial charge in [-0.05, 0) is 57.8 Å². The lowest BCUT2D eigenvalue weighted by Crippen LogP contribution is -2.45. The normalized spacial score (nSPS) is 13.5. The molecule has 0 saturated carbocycles. The molecule has 0 aromatic rings. The van der Waals surface area contributed by atoms with Crippen molar-refractivity contribution in [3.05, 3.63) is 48.6 Å². The van der Waals surface area contributed by atoms with E-state index in [1.807, 2.05) is 6.08 Å². The predicted molar refractivity (Wildman–Crippen MR) is 211 cm³/mol. The summed E-state index contributed by atoms with van der Waals surface area (Å²) in [5.74, 6) is -0.0724. The minimum Gasteiger partial charge on any atom is -0.394 e. The summed E-state index contributed by atoms with van der Waals surface area (Å²) in [4.78, 5) is 12.2. The van der Waals surface area contributed by atoms with Gasteiger partial charge in [0.05, 0.1) is 18.8 Å². The Morgan fingerprint density at radius 1 is 0.500 bits per heavy atom. The van der Waals surface area contributed by atoms with Crippen molar-refractivity contribution >= 4 is 5.91 Å². The van der Waals surface area contributed by atoms with Crippen molar-refractivity contribution in [3.8, 4) is 0 Å². The quantitative estimate of drug-likeness (QED) is 0.0455. The molecule has 0 aromatic carbocycles. The van der Waals surface area contributed by atoms with Crippen LogP contribution in [0.1, 0.15) is 206 Å². The molecule has 48 heavy (non-hydrogen) atoms. The van der Waals surface area contributed by atoms with Gasteiger partial charge >= 0.3 is 0 Å². The van der Waals surface area contributed by atoms with Crippen molar-refractivity contribution in [1.82, 2.24) is 5.32 Å². The van der Waals surface area contributed by atoms with E-state index in [0.29, 0.717) is 6.42 Å². The smallest absolute Gasteiger partial charge is 0.220 e. The summed E-state index contributed by atoms with van der Waals surface area (Å²) >= 11 is 0. The number of rotatable bonds is 37. The van der Waals surface area contributed by atoms with Gasteiger partial charge < -0.3 is 15.5 Å². The van der Waals surface area contributed by atoms with Gasteiger partial charge in [-0.25, -0.2) is 0 Å². The molecule has 3 N–H and O–H groups in total. The molecular formula is C44H81NO3. The predicted octanol–water partition coefficient (Wildman–Crippen LogP) is 12.8. The summed E-state index contributed by atoms with van der Waals surface area (Å²) in [6.45, 7) is 4.19. The van der Waals surface area contributed by atoms with Gasteiger partial charge in [-0.1, -0.05) is 191 Å². The van der Waals surface area contributed by atoms with E-state index in [1.54, 1.807) is 6.08 Å². The van der Waals surface area contributed by atoms with E-state index < -0.39 is 12.1 Å². The minimum absolute atomic E-state index is 0.0724. The highest BCUT2D eigenvalue weighted by atomic mass is 16.3. The Morgan fingerprint density at radius 3 is 1.31 bits per heavy atom. The molecule has 0 spiro atoms. The fourth-order valence-corrected chi connectivity index (χ4v) is 6.07. The van der Waals surface area contributed by atoms with Crippen molar-refractivity contribution in [3.63, 3.8) is 0 Å². The van der Waals surface area contributed by atoms with Crippen LogP contribution in [0.4, 0.5) is 0 Å². The fraction of sp³-hybridized carbons (Fsp3) is 0.795.